The van der Waals surface area contributed by atoms with Gasteiger partial charge in [-0.05, 0) is 0 Å². The molecule has 0 aromatic heterocycles. The summed E-state index contributed by atoms with van der Waals surface area (Å²) in [4.78, 5) is 2.98. The minimum absolute atomic E-state index is 0.372. The van der Waals surface area contributed by atoms with Crippen LogP contribution in [0.4, 0.5) is 0 Å². The molecule has 0 nitrogen and oxygen atoms in total. The minimum atomic E-state index is -0.947. The summed E-state index contributed by atoms with van der Waals surface area (Å²) in [5.41, 5.74) is 2.75. The van der Waals surface area contributed by atoms with Gasteiger partial charge in [-0.15, -0.1) is 0 Å². The third kappa shape index (κ3) is 3.64. The average Bonchev–Trinajstić information content (AvgIpc) is 2.94. The van der Waals surface area contributed by atoms with Gasteiger partial charge in [-0.2, -0.15) is 0 Å². The van der Waals surface area contributed by atoms with Gasteiger partial charge >= 0.3 is 153 Å². The predicted octanol–water partition coefficient (Wildman–Crippen LogP) is 7.30. The molecule has 1 unspecified atom stereocenters. The Morgan fingerprint density at radius 1 is 0.800 bits per heavy atom. The third-order valence-electron chi connectivity index (χ3n) is 2.82. The second-order valence-electron chi connectivity index (χ2n) is 4.08. The molecule has 0 saturated carbocycles. The van der Waals surface area contributed by atoms with E-state index in [0.717, 1.165) is 0 Å². The molecule has 0 N–H and O–H groups in total. The van der Waals surface area contributed by atoms with Crippen molar-refractivity contribution in [2.75, 3.05) is 0 Å². The van der Waals surface area contributed by atoms with Crippen molar-refractivity contribution in [2.24, 2.45) is 0 Å². The van der Waals surface area contributed by atoms with Crippen molar-refractivity contribution >= 4 is 75.0 Å². The molecule has 0 bridgehead atoms. The molecule has 104 valence electrons. The molecule has 5 heteroatoms. The maximum absolute atomic E-state index is 2.70. The zero-order valence-corrected chi connectivity index (χ0v) is 18.4. The number of allylic oxidation sites excluding steroid dienone is 1. The van der Waals surface area contributed by atoms with E-state index in [9.17, 15) is 0 Å². The molecule has 0 amide bonds. The van der Waals surface area contributed by atoms with E-state index in [2.05, 4.69) is 115 Å². The molecule has 20 heavy (non-hydrogen) atoms. The molecular weight excluding hydrogens is 625 g/mol. The van der Waals surface area contributed by atoms with Crippen molar-refractivity contribution in [1.82, 2.24) is 0 Å². The zero-order chi connectivity index (χ0) is 13.9. The number of hydrogen-bond donors (Lipinski definition) is 0. The summed E-state index contributed by atoms with van der Waals surface area (Å²) in [6, 6.07) is 21.6. The number of halogens is 3. The van der Waals surface area contributed by atoms with Crippen molar-refractivity contribution in [3.8, 4) is 0 Å². The molecule has 0 aliphatic carbocycles. The van der Waals surface area contributed by atoms with Crippen LogP contribution in [-0.2, 0) is 0 Å². The summed E-state index contributed by atoms with van der Waals surface area (Å²) < 4.78 is 0. The molecule has 0 radical (unpaired) electrons. The van der Waals surface area contributed by atoms with E-state index in [1.54, 1.807) is 4.86 Å². The van der Waals surface area contributed by atoms with Crippen LogP contribution in [-0.4, -0.2) is 4.86 Å². The quantitative estimate of drug-likeness (QED) is 0.194. The molecule has 1 aliphatic heterocycles. The van der Waals surface area contributed by atoms with Gasteiger partial charge in [0.2, 0.25) is 0 Å². The number of rotatable bonds is 3. The van der Waals surface area contributed by atoms with Crippen LogP contribution in [0.1, 0.15) is 11.1 Å². The molecule has 3 rings (SSSR count). The van der Waals surface area contributed by atoms with E-state index < -0.39 is 10.5 Å². The van der Waals surface area contributed by atoms with E-state index in [4.69, 9.17) is 0 Å². The van der Waals surface area contributed by atoms with Gasteiger partial charge in [-0.1, -0.05) is 0 Å². The standard InChI is InChI=1S/C15H11I3S2/c16-18(17)20-15(13-9-5-2-6-10-13)11-14(19-20)12-7-3-1-4-8-12/h1-11H. The van der Waals surface area contributed by atoms with Crippen LogP contribution in [0.15, 0.2) is 66.7 Å². The molecule has 1 aliphatic rings. The van der Waals surface area contributed by atoms with E-state index in [0.29, 0.717) is 6.69 Å². The molecule has 2 aromatic carbocycles. The fraction of sp³-hybridized carbons (Fsp3) is 0. The Morgan fingerprint density at radius 2 is 1.35 bits per heavy atom. The van der Waals surface area contributed by atoms with Gasteiger partial charge in [0.1, 0.15) is 0 Å². The summed E-state index contributed by atoms with van der Waals surface area (Å²) in [7, 11) is 1.13. The predicted molar refractivity (Wildman–Crippen MR) is 122 cm³/mol. The van der Waals surface area contributed by atoms with Crippen molar-refractivity contribution in [1.29, 1.82) is 0 Å². The molecule has 1 atom stereocenters. The Morgan fingerprint density at radius 3 is 1.90 bits per heavy atom. The SMILES string of the molecule is II(I)S1=C(c2ccccc2)C=C(c2ccccc2)S1. The van der Waals surface area contributed by atoms with Gasteiger partial charge in [-0.25, -0.2) is 0 Å². The summed E-state index contributed by atoms with van der Waals surface area (Å²) in [5.74, 6) is 0. The molecule has 2 aromatic rings. The first kappa shape index (κ1) is 15.8. The summed E-state index contributed by atoms with van der Waals surface area (Å²) in [6.07, 6.45) is 2.42. The molecule has 0 saturated heterocycles. The average molecular weight is 636 g/mol. The zero-order valence-electron chi connectivity index (χ0n) is 10.3. The van der Waals surface area contributed by atoms with Gasteiger partial charge < -0.3 is 0 Å². The second-order valence-corrected chi connectivity index (χ2v) is 43.4. The number of hydrogen-bond acceptors (Lipinski definition) is 1. The van der Waals surface area contributed by atoms with E-state index in [-0.39, 0.29) is 0 Å². The Bertz CT molecular complexity index is 664. The summed E-state index contributed by atoms with van der Waals surface area (Å²) in [6.45, 7) is 0.372. The van der Waals surface area contributed by atoms with Gasteiger partial charge in [0, 0.05) is 0 Å². The Kier molecular flexibility index (Phi) is 5.91. The van der Waals surface area contributed by atoms with Crippen LogP contribution in [0.25, 0.3) is 4.91 Å². The summed E-state index contributed by atoms with van der Waals surface area (Å²) in [5, 5.41) is 0. The number of benzene rings is 2. The van der Waals surface area contributed by atoms with E-state index in [1.807, 2.05) is 0 Å². The molecule has 0 fully saturated rings. The normalized spacial score (nSPS) is 18.9. The molecular formula is C15H11I3S2. The van der Waals surface area contributed by atoms with Gasteiger partial charge in [0.25, 0.3) is 0 Å². The first-order valence-corrected chi connectivity index (χ1v) is 23.6. The Hall–Kier alpha value is 0.940. The Balaban J connectivity index is 2.02. The van der Waals surface area contributed by atoms with Crippen LogP contribution < -0.4 is 0 Å². The first-order valence-electron chi connectivity index (χ1n) is 5.91. The first-order chi connectivity index (χ1) is 9.75. The monoisotopic (exact) mass is 636 g/mol. The van der Waals surface area contributed by atoms with Gasteiger partial charge in [-0.3, -0.25) is 0 Å². The van der Waals surface area contributed by atoms with Crippen molar-refractivity contribution < 1.29 is 0 Å². The van der Waals surface area contributed by atoms with Gasteiger partial charge in [0.05, 0.1) is 0 Å². The fourth-order valence-electron chi connectivity index (χ4n) is 1.91. The van der Waals surface area contributed by atoms with Crippen LogP contribution in [0.2, 0.25) is 0 Å². The fourth-order valence-corrected chi connectivity index (χ4v) is 25.7. The third-order valence-corrected chi connectivity index (χ3v) is 35.8. The topological polar surface area (TPSA) is 0 Å². The summed E-state index contributed by atoms with van der Waals surface area (Å²) >= 11 is 5.39. The Labute approximate surface area is 150 Å². The van der Waals surface area contributed by atoms with E-state index >= 15 is 0 Å². The second kappa shape index (κ2) is 7.47. The van der Waals surface area contributed by atoms with Crippen LogP contribution >= 0.6 is 65.2 Å². The molecule has 1 heterocycles. The van der Waals surface area contributed by atoms with Crippen molar-refractivity contribution in [3.63, 3.8) is 0 Å². The maximum atomic E-state index is 2.70. The van der Waals surface area contributed by atoms with Crippen LogP contribution in [0.5, 0.6) is 0 Å². The van der Waals surface area contributed by atoms with Crippen molar-refractivity contribution in [3.05, 3.63) is 77.9 Å². The van der Waals surface area contributed by atoms with Crippen LogP contribution in [0.3, 0.4) is 0 Å². The van der Waals surface area contributed by atoms with Gasteiger partial charge in [0.15, 0.2) is 0 Å². The van der Waals surface area contributed by atoms with E-state index in [1.165, 1.54) is 16.0 Å². The molecule has 0 spiro atoms. The van der Waals surface area contributed by atoms with Crippen LogP contribution in [0, 0.1) is 0 Å². The van der Waals surface area contributed by atoms with Crippen molar-refractivity contribution in [2.45, 2.75) is 0 Å².